The van der Waals surface area contributed by atoms with Crippen LogP contribution in [-0.2, 0) is 20.9 Å². The van der Waals surface area contributed by atoms with E-state index in [1.165, 1.54) is 0 Å². The van der Waals surface area contributed by atoms with Gasteiger partial charge in [-0.15, -0.1) is 0 Å². The smallest absolute Gasteiger partial charge is 0.326 e. The number of carbonyl (C=O) groups is 3. The Balaban J connectivity index is 1.94. The number of hydrogen-bond donors (Lipinski definition) is 2. The SMILES string of the molecule is CC(C)CC(NC(=O)C1CC(=O)N(Cc2ccccc2)C1)C(=O)O. The summed E-state index contributed by atoms with van der Waals surface area (Å²) in [6, 6.07) is 8.68. The molecule has 1 aliphatic heterocycles. The van der Waals surface area contributed by atoms with Gasteiger partial charge in [-0.1, -0.05) is 44.2 Å². The number of carboxylic acid groups (broad SMARTS) is 1. The lowest BCUT2D eigenvalue weighted by atomic mass is 10.0. The van der Waals surface area contributed by atoms with E-state index < -0.39 is 17.9 Å². The highest BCUT2D eigenvalue weighted by atomic mass is 16.4. The standard InChI is InChI=1S/C18H24N2O4/c1-12(2)8-15(18(23)24)19-17(22)14-9-16(21)20(11-14)10-13-6-4-3-5-7-13/h3-7,12,14-15H,8-11H2,1-2H3,(H,19,22)(H,23,24). The normalized spacial score (nSPS) is 18.7. The summed E-state index contributed by atoms with van der Waals surface area (Å²) < 4.78 is 0. The topological polar surface area (TPSA) is 86.7 Å². The monoisotopic (exact) mass is 332 g/mol. The summed E-state index contributed by atoms with van der Waals surface area (Å²) in [5.41, 5.74) is 1.01. The number of nitrogens with one attached hydrogen (secondary N) is 1. The average Bonchev–Trinajstić information content (AvgIpc) is 2.88. The third-order valence-electron chi connectivity index (χ3n) is 4.12. The van der Waals surface area contributed by atoms with Crippen LogP contribution in [0.2, 0.25) is 0 Å². The molecule has 0 bridgehead atoms. The Hall–Kier alpha value is -2.37. The van der Waals surface area contributed by atoms with Crippen LogP contribution < -0.4 is 5.32 Å². The van der Waals surface area contributed by atoms with Gasteiger partial charge in [0.1, 0.15) is 6.04 Å². The van der Waals surface area contributed by atoms with E-state index in [0.717, 1.165) is 5.56 Å². The predicted octanol–water partition coefficient (Wildman–Crippen LogP) is 1.65. The molecule has 2 atom stereocenters. The highest BCUT2D eigenvalue weighted by Crippen LogP contribution is 2.21. The molecule has 24 heavy (non-hydrogen) atoms. The van der Waals surface area contributed by atoms with Gasteiger partial charge < -0.3 is 15.3 Å². The molecule has 6 nitrogen and oxygen atoms in total. The third kappa shape index (κ3) is 4.81. The zero-order chi connectivity index (χ0) is 17.7. The number of carboxylic acids is 1. The number of nitrogens with zero attached hydrogens (tertiary/aromatic N) is 1. The summed E-state index contributed by atoms with van der Waals surface area (Å²) in [6.07, 6.45) is 0.502. The first kappa shape index (κ1) is 18.0. The van der Waals surface area contributed by atoms with Crippen LogP contribution in [0.25, 0.3) is 0 Å². The van der Waals surface area contributed by atoms with Gasteiger partial charge in [-0.3, -0.25) is 9.59 Å². The predicted molar refractivity (Wildman–Crippen MR) is 89.0 cm³/mol. The largest absolute Gasteiger partial charge is 0.480 e. The molecule has 1 heterocycles. The van der Waals surface area contributed by atoms with Gasteiger partial charge in [0, 0.05) is 19.5 Å². The summed E-state index contributed by atoms with van der Waals surface area (Å²) in [4.78, 5) is 37.4. The van der Waals surface area contributed by atoms with Crippen LogP contribution in [0.4, 0.5) is 0 Å². The second-order valence-electron chi connectivity index (χ2n) is 6.69. The van der Waals surface area contributed by atoms with E-state index >= 15 is 0 Å². The second-order valence-corrected chi connectivity index (χ2v) is 6.69. The van der Waals surface area contributed by atoms with Gasteiger partial charge in [-0.25, -0.2) is 4.79 Å². The Morgan fingerprint density at radius 2 is 1.96 bits per heavy atom. The molecule has 0 spiro atoms. The van der Waals surface area contributed by atoms with Crippen LogP contribution in [-0.4, -0.2) is 40.4 Å². The molecule has 0 saturated carbocycles. The zero-order valence-corrected chi connectivity index (χ0v) is 14.1. The van der Waals surface area contributed by atoms with Crippen molar-refractivity contribution in [3.05, 3.63) is 35.9 Å². The minimum atomic E-state index is -1.04. The van der Waals surface area contributed by atoms with Gasteiger partial charge in [0.2, 0.25) is 11.8 Å². The first-order valence-corrected chi connectivity index (χ1v) is 8.21. The number of carbonyl (C=O) groups excluding carboxylic acids is 2. The van der Waals surface area contributed by atoms with Gasteiger partial charge in [0.15, 0.2) is 0 Å². The first-order valence-electron chi connectivity index (χ1n) is 8.21. The lowest BCUT2D eigenvalue weighted by Crippen LogP contribution is -2.44. The number of benzene rings is 1. The molecule has 2 rings (SSSR count). The molecule has 1 saturated heterocycles. The molecule has 1 aliphatic rings. The molecule has 0 aliphatic carbocycles. The Morgan fingerprint density at radius 3 is 2.54 bits per heavy atom. The lowest BCUT2D eigenvalue weighted by molar-refractivity contribution is -0.142. The maximum absolute atomic E-state index is 12.3. The summed E-state index contributed by atoms with van der Waals surface area (Å²) >= 11 is 0. The van der Waals surface area contributed by atoms with Crippen molar-refractivity contribution >= 4 is 17.8 Å². The maximum Gasteiger partial charge on any atom is 0.326 e. The van der Waals surface area contributed by atoms with Gasteiger partial charge >= 0.3 is 5.97 Å². The van der Waals surface area contributed by atoms with Gasteiger partial charge in [0.25, 0.3) is 0 Å². The van der Waals surface area contributed by atoms with Gasteiger partial charge in [0.05, 0.1) is 5.92 Å². The minimum absolute atomic E-state index is 0.0743. The zero-order valence-electron chi connectivity index (χ0n) is 14.1. The fraction of sp³-hybridized carbons (Fsp3) is 0.500. The molecule has 2 unspecified atom stereocenters. The van der Waals surface area contributed by atoms with Crippen molar-refractivity contribution in [3.8, 4) is 0 Å². The quantitative estimate of drug-likeness (QED) is 0.795. The molecule has 1 aromatic carbocycles. The molecule has 2 N–H and O–H groups in total. The lowest BCUT2D eigenvalue weighted by Gasteiger charge is -2.19. The number of aliphatic carboxylic acids is 1. The van der Waals surface area contributed by atoms with E-state index in [0.29, 0.717) is 19.5 Å². The van der Waals surface area contributed by atoms with Crippen LogP contribution >= 0.6 is 0 Å². The van der Waals surface area contributed by atoms with Crippen molar-refractivity contribution in [1.29, 1.82) is 0 Å². The molecule has 2 amide bonds. The number of amides is 2. The van der Waals surface area contributed by atoms with Gasteiger partial charge in [-0.05, 0) is 17.9 Å². The second kappa shape index (κ2) is 7.95. The van der Waals surface area contributed by atoms with E-state index in [4.69, 9.17) is 0 Å². The Kier molecular flexibility index (Phi) is 5.95. The molecule has 1 aromatic rings. The van der Waals surface area contributed by atoms with Gasteiger partial charge in [-0.2, -0.15) is 0 Å². The van der Waals surface area contributed by atoms with E-state index in [1.807, 2.05) is 44.2 Å². The van der Waals surface area contributed by atoms with Crippen molar-refractivity contribution in [3.63, 3.8) is 0 Å². The van der Waals surface area contributed by atoms with Crippen LogP contribution in [0.15, 0.2) is 30.3 Å². The maximum atomic E-state index is 12.3. The van der Waals surface area contributed by atoms with E-state index in [1.54, 1.807) is 4.90 Å². The van der Waals surface area contributed by atoms with Crippen LogP contribution in [0, 0.1) is 11.8 Å². The summed E-state index contributed by atoms with van der Waals surface area (Å²) in [5.74, 6) is -1.80. The van der Waals surface area contributed by atoms with E-state index in [-0.39, 0.29) is 24.2 Å². The van der Waals surface area contributed by atoms with Crippen LogP contribution in [0.1, 0.15) is 32.3 Å². The first-order chi connectivity index (χ1) is 11.4. The van der Waals surface area contributed by atoms with Crippen molar-refractivity contribution < 1.29 is 19.5 Å². The minimum Gasteiger partial charge on any atom is -0.480 e. The third-order valence-corrected chi connectivity index (χ3v) is 4.12. The highest BCUT2D eigenvalue weighted by molar-refractivity contribution is 5.91. The number of hydrogen-bond acceptors (Lipinski definition) is 3. The molecule has 1 fully saturated rings. The van der Waals surface area contributed by atoms with E-state index in [2.05, 4.69) is 5.32 Å². The van der Waals surface area contributed by atoms with Crippen LogP contribution in [0.5, 0.6) is 0 Å². The van der Waals surface area contributed by atoms with Crippen LogP contribution in [0.3, 0.4) is 0 Å². The fourth-order valence-electron chi connectivity index (χ4n) is 2.89. The molecular formula is C18H24N2O4. The fourth-order valence-corrected chi connectivity index (χ4v) is 2.89. The summed E-state index contributed by atoms with van der Waals surface area (Å²) in [7, 11) is 0. The summed E-state index contributed by atoms with van der Waals surface area (Å²) in [6.45, 7) is 4.61. The number of likely N-dealkylation sites (tertiary alicyclic amines) is 1. The van der Waals surface area contributed by atoms with E-state index in [9.17, 15) is 19.5 Å². The molecule has 0 aromatic heterocycles. The average molecular weight is 332 g/mol. The Labute approximate surface area is 141 Å². The molecule has 6 heteroatoms. The Bertz CT molecular complexity index is 600. The van der Waals surface area contributed by atoms with Crippen molar-refractivity contribution in [2.45, 2.75) is 39.3 Å². The molecule has 0 radical (unpaired) electrons. The van der Waals surface area contributed by atoms with Crippen molar-refractivity contribution in [2.75, 3.05) is 6.54 Å². The number of rotatable bonds is 7. The molecular weight excluding hydrogens is 308 g/mol. The van der Waals surface area contributed by atoms with Crippen molar-refractivity contribution in [2.24, 2.45) is 11.8 Å². The highest BCUT2D eigenvalue weighted by Gasteiger charge is 2.35. The molecule has 130 valence electrons. The van der Waals surface area contributed by atoms with Crippen molar-refractivity contribution in [1.82, 2.24) is 10.2 Å². The Morgan fingerprint density at radius 1 is 1.29 bits per heavy atom. The summed E-state index contributed by atoms with van der Waals surface area (Å²) in [5, 5.41) is 11.8.